The van der Waals surface area contributed by atoms with E-state index in [1.54, 1.807) is 0 Å². The molecule has 2 aromatic rings. The van der Waals surface area contributed by atoms with E-state index in [-0.39, 0.29) is 11.7 Å². The molecule has 0 spiro atoms. The summed E-state index contributed by atoms with van der Waals surface area (Å²) < 4.78 is 0. The second kappa shape index (κ2) is 9.51. The molecule has 0 aromatic heterocycles. The summed E-state index contributed by atoms with van der Waals surface area (Å²) in [5.74, 6) is 0.414. The molecule has 0 radical (unpaired) electrons. The van der Waals surface area contributed by atoms with Gasteiger partial charge in [0.2, 0.25) is 5.91 Å². The number of Topliss-reactive ketones (excluding diaryl/α,β-unsaturated/α-hetero) is 1. The van der Waals surface area contributed by atoms with Crippen LogP contribution in [0.5, 0.6) is 0 Å². The molecular weight excluding hydrogens is 419 g/mol. The molecule has 0 unspecified atom stereocenters. The van der Waals surface area contributed by atoms with E-state index in [1.807, 2.05) is 35.2 Å². The van der Waals surface area contributed by atoms with Crippen molar-refractivity contribution in [3.63, 3.8) is 0 Å². The van der Waals surface area contributed by atoms with Gasteiger partial charge in [0, 0.05) is 35.0 Å². The van der Waals surface area contributed by atoms with Crippen LogP contribution in [0, 0.1) is 0 Å². The van der Waals surface area contributed by atoms with Crippen LogP contribution >= 0.6 is 23.2 Å². The first-order chi connectivity index (χ1) is 14.5. The summed E-state index contributed by atoms with van der Waals surface area (Å²) in [6, 6.07) is 9.58. The maximum Gasteiger partial charge on any atom is 0.227 e. The zero-order chi connectivity index (χ0) is 21.1. The van der Waals surface area contributed by atoms with Gasteiger partial charge in [-0.1, -0.05) is 29.3 Å². The maximum atomic E-state index is 12.7. The number of rotatable bonds is 9. The van der Waals surface area contributed by atoms with Gasteiger partial charge in [0.15, 0.2) is 5.78 Å². The van der Waals surface area contributed by atoms with Gasteiger partial charge in [-0.15, -0.1) is 0 Å². The van der Waals surface area contributed by atoms with Crippen LogP contribution in [0.4, 0.5) is 5.69 Å². The Morgan fingerprint density at radius 2 is 1.73 bits per heavy atom. The Bertz CT molecular complexity index is 954. The molecule has 0 atom stereocenters. The van der Waals surface area contributed by atoms with Crippen molar-refractivity contribution in [2.75, 3.05) is 24.5 Å². The van der Waals surface area contributed by atoms with E-state index in [2.05, 4.69) is 5.32 Å². The van der Waals surface area contributed by atoms with Gasteiger partial charge in [0.05, 0.1) is 5.69 Å². The number of ketones is 1. The molecule has 158 valence electrons. The van der Waals surface area contributed by atoms with Crippen LogP contribution in [0.2, 0.25) is 10.0 Å². The molecule has 2 aliphatic rings. The highest BCUT2D eigenvalue weighted by molar-refractivity contribution is 6.36. The first kappa shape index (κ1) is 21.4. The number of carbonyl (C=O) groups is 2. The molecule has 0 saturated carbocycles. The predicted molar refractivity (Wildman–Crippen MR) is 122 cm³/mol. The molecule has 2 aromatic carbocycles. The van der Waals surface area contributed by atoms with E-state index in [4.69, 9.17) is 23.2 Å². The fourth-order valence-corrected chi connectivity index (χ4v) is 4.99. The predicted octanol–water partition coefficient (Wildman–Crippen LogP) is 5.01. The zero-order valence-corrected chi connectivity index (χ0v) is 18.5. The Hall–Kier alpha value is -1.88. The molecule has 4 rings (SSSR count). The molecule has 30 heavy (non-hydrogen) atoms. The van der Waals surface area contributed by atoms with Crippen LogP contribution in [0.1, 0.15) is 52.7 Å². The highest BCUT2D eigenvalue weighted by Gasteiger charge is 2.31. The molecule has 0 fully saturated rings. The maximum absolute atomic E-state index is 12.7. The highest BCUT2D eigenvalue weighted by Crippen LogP contribution is 2.37. The summed E-state index contributed by atoms with van der Waals surface area (Å²) in [5, 5.41) is 4.81. The molecule has 0 saturated heterocycles. The van der Waals surface area contributed by atoms with Gasteiger partial charge in [-0.25, -0.2) is 0 Å². The number of aryl methyl sites for hydroxylation is 1. The molecule has 2 heterocycles. The first-order valence-corrected chi connectivity index (χ1v) is 11.4. The van der Waals surface area contributed by atoms with Gasteiger partial charge in [0.1, 0.15) is 0 Å². The van der Waals surface area contributed by atoms with E-state index < -0.39 is 0 Å². The average Bonchev–Trinajstić information content (AvgIpc) is 3.17. The largest absolute Gasteiger partial charge is 0.316 e. The lowest BCUT2D eigenvalue weighted by atomic mass is 9.94. The third-order valence-electron chi connectivity index (χ3n) is 5.99. The Morgan fingerprint density at radius 3 is 2.50 bits per heavy atom. The first-order valence-electron chi connectivity index (χ1n) is 10.7. The van der Waals surface area contributed by atoms with Gasteiger partial charge in [-0.05, 0) is 86.1 Å². The van der Waals surface area contributed by atoms with Crippen LogP contribution in [0.25, 0.3) is 0 Å². The molecule has 0 aliphatic carbocycles. The van der Waals surface area contributed by atoms with Gasteiger partial charge in [0.25, 0.3) is 0 Å². The molecule has 1 N–H and O–H groups in total. The smallest absolute Gasteiger partial charge is 0.227 e. The van der Waals surface area contributed by atoms with Crippen LogP contribution < -0.4 is 10.2 Å². The van der Waals surface area contributed by atoms with Gasteiger partial charge >= 0.3 is 0 Å². The quantitative estimate of drug-likeness (QED) is 0.436. The Kier molecular flexibility index (Phi) is 6.77. The van der Waals surface area contributed by atoms with Crippen LogP contribution in [0.15, 0.2) is 30.3 Å². The van der Waals surface area contributed by atoms with Crippen molar-refractivity contribution in [2.45, 2.75) is 44.9 Å². The summed E-state index contributed by atoms with van der Waals surface area (Å²) >= 11 is 12.4. The van der Waals surface area contributed by atoms with Crippen molar-refractivity contribution in [1.82, 2.24) is 5.32 Å². The summed E-state index contributed by atoms with van der Waals surface area (Å²) in [7, 11) is 0. The lowest BCUT2D eigenvalue weighted by molar-refractivity contribution is -0.118. The number of hydrogen-bond donors (Lipinski definition) is 1. The van der Waals surface area contributed by atoms with Gasteiger partial charge in [-0.2, -0.15) is 0 Å². The summed E-state index contributed by atoms with van der Waals surface area (Å²) in [6.45, 7) is 2.42. The van der Waals surface area contributed by atoms with Crippen molar-refractivity contribution in [3.05, 3.63) is 62.6 Å². The topological polar surface area (TPSA) is 49.4 Å². The zero-order valence-electron chi connectivity index (χ0n) is 17.0. The van der Waals surface area contributed by atoms with Crippen molar-refractivity contribution < 1.29 is 9.59 Å². The normalized spacial score (nSPS) is 14.9. The Balaban J connectivity index is 1.21. The fraction of sp³-hybridized carbons (Fsp3) is 0.417. The van der Waals surface area contributed by atoms with E-state index in [0.717, 1.165) is 79.7 Å². The molecule has 1 amide bonds. The van der Waals surface area contributed by atoms with E-state index in [1.165, 1.54) is 0 Å². The number of nitrogens with zero attached hydrogens (tertiary/aromatic N) is 1. The van der Waals surface area contributed by atoms with E-state index >= 15 is 0 Å². The second-order valence-corrected chi connectivity index (χ2v) is 8.83. The molecule has 0 bridgehead atoms. The number of carbonyl (C=O) groups excluding carboxylic acids is 2. The SMILES string of the molecule is O=C(CCCCNCCc1c(Cl)cccc1Cl)c1cc2c3c(c1)CCN3C(=O)CC2. The summed E-state index contributed by atoms with van der Waals surface area (Å²) in [4.78, 5) is 26.6. The number of halogens is 2. The van der Waals surface area contributed by atoms with Crippen molar-refractivity contribution in [2.24, 2.45) is 0 Å². The standard InChI is InChI=1S/C24H26Cl2N2O2/c25-20-4-3-5-21(26)19(20)9-12-27-11-2-1-6-22(29)18-14-16-7-8-23(30)28-13-10-17(15-18)24(16)28/h3-5,14-15,27H,1-2,6-13H2. The Morgan fingerprint density at radius 1 is 1.00 bits per heavy atom. The second-order valence-electron chi connectivity index (χ2n) is 8.02. The number of amides is 1. The third kappa shape index (κ3) is 4.56. The van der Waals surface area contributed by atoms with Crippen LogP contribution in [0.3, 0.4) is 0 Å². The minimum absolute atomic E-state index is 0.201. The van der Waals surface area contributed by atoms with Crippen molar-refractivity contribution >= 4 is 40.6 Å². The molecule has 2 aliphatic heterocycles. The monoisotopic (exact) mass is 444 g/mol. The summed E-state index contributed by atoms with van der Waals surface area (Å²) in [6.07, 6.45) is 5.30. The highest BCUT2D eigenvalue weighted by atomic mass is 35.5. The molecule has 4 nitrogen and oxygen atoms in total. The van der Waals surface area contributed by atoms with E-state index in [9.17, 15) is 9.59 Å². The number of benzene rings is 2. The molecule has 6 heteroatoms. The lowest BCUT2D eigenvalue weighted by Crippen LogP contribution is -2.32. The van der Waals surface area contributed by atoms with Crippen molar-refractivity contribution in [3.8, 4) is 0 Å². The number of hydrogen-bond acceptors (Lipinski definition) is 3. The number of nitrogens with one attached hydrogen (secondary N) is 1. The van der Waals surface area contributed by atoms with E-state index in [0.29, 0.717) is 22.9 Å². The third-order valence-corrected chi connectivity index (χ3v) is 6.70. The van der Waals surface area contributed by atoms with Crippen LogP contribution in [-0.2, 0) is 24.1 Å². The number of unbranched alkanes of at least 4 members (excludes halogenated alkanes) is 1. The van der Waals surface area contributed by atoms with Crippen LogP contribution in [-0.4, -0.2) is 31.3 Å². The fourth-order valence-electron chi connectivity index (χ4n) is 4.41. The average molecular weight is 445 g/mol. The Labute approximate surface area is 187 Å². The minimum Gasteiger partial charge on any atom is -0.316 e. The summed E-state index contributed by atoms with van der Waals surface area (Å²) in [5.41, 5.74) is 5.17. The lowest BCUT2D eigenvalue weighted by Gasteiger charge is -2.25. The minimum atomic E-state index is 0.201. The van der Waals surface area contributed by atoms with Gasteiger partial charge < -0.3 is 10.2 Å². The van der Waals surface area contributed by atoms with Crippen molar-refractivity contribution in [1.29, 1.82) is 0 Å². The molecular formula is C24H26Cl2N2O2. The number of anilines is 1. The van der Waals surface area contributed by atoms with Gasteiger partial charge in [-0.3, -0.25) is 9.59 Å².